The van der Waals surface area contributed by atoms with Gasteiger partial charge in [-0.15, -0.1) is 5.54 Å². The van der Waals surface area contributed by atoms with Gasteiger partial charge < -0.3 is 13.9 Å². The lowest BCUT2D eigenvalue weighted by Crippen LogP contribution is -2.43. The van der Waals surface area contributed by atoms with Crippen molar-refractivity contribution < 1.29 is 18.7 Å². The second-order valence-corrected chi connectivity index (χ2v) is 15.1. The Bertz CT molecular complexity index is 1180. The van der Waals surface area contributed by atoms with Crippen molar-refractivity contribution in [1.82, 2.24) is 4.98 Å². The Kier molecular flexibility index (Phi) is 8.58. The van der Waals surface area contributed by atoms with Crippen LogP contribution in [0, 0.1) is 11.5 Å². The number of rotatable bonds is 8. The summed E-state index contributed by atoms with van der Waals surface area (Å²) in [6.07, 6.45) is 1.27. The van der Waals surface area contributed by atoms with E-state index in [9.17, 15) is 4.79 Å². The van der Waals surface area contributed by atoms with Crippen LogP contribution in [0.4, 0.5) is 0 Å². The van der Waals surface area contributed by atoms with E-state index in [1.807, 2.05) is 48.5 Å². The Morgan fingerprint density at radius 1 is 0.971 bits per heavy atom. The molecule has 0 unspecified atom stereocenters. The first kappa shape index (κ1) is 26.3. The van der Waals surface area contributed by atoms with Gasteiger partial charge in [-0.05, 0) is 53.9 Å². The fraction of sp³-hybridized carbons (Fsp3) is 0.379. The van der Waals surface area contributed by atoms with Gasteiger partial charge in [0, 0.05) is 11.1 Å². The molecule has 2 aromatic carbocycles. The average molecular weight is 490 g/mol. The predicted octanol–water partition coefficient (Wildman–Crippen LogP) is 7.88. The summed E-state index contributed by atoms with van der Waals surface area (Å²) >= 11 is 0. The van der Waals surface area contributed by atoms with Gasteiger partial charge in [0.05, 0.1) is 6.61 Å². The van der Waals surface area contributed by atoms with Crippen LogP contribution in [0.25, 0.3) is 11.3 Å². The molecule has 184 valence electrons. The average Bonchev–Trinajstić information content (AvgIpc) is 3.30. The van der Waals surface area contributed by atoms with Gasteiger partial charge in [0.2, 0.25) is 0 Å². The Balaban J connectivity index is 2.17. The standard InChI is InChI=1S/C29H35NO4Si/c1-8-32-29(31)27-28(33-19-30-27)26-15-14-25(34-24-12-10-9-11-13-24)18-23(26)16-17-35(20(2)3,21(4)5)22(6)7/h9-15,18-22H,8H2,1-7H3. The van der Waals surface area contributed by atoms with Gasteiger partial charge in [-0.25, -0.2) is 9.78 Å². The van der Waals surface area contributed by atoms with Crippen molar-refractivity contribution in [2.75, 3.05) is 6.61 Å². The minimum absolute atomic E-state index is 0.145. The molecule has 0 saturated carbocycles. The number of esters is 1. The molecule has 6 heteroatoms. The summed E-state index contributed by atoms with van der Waals surface area (Å²) in [4.78, 5) is 16.6. The molecule has 0 radical (unpaired) electrons. The molecule has 3 aromatic rings. The van der Waals surface area contributed by atoms with E-state index < -0.39 is 14.0 Å². The molecule has 0 fully saturated rings. The molecule has 3 rings (SSSR count). The summed E-state index contributed by atoms with van der Waals surface area (Å²) in [5, 5.41) is 0. The van der Waals surface area contributed by atoms with E-state index in [-0.39, 0.29) is 12.3 Å². The molecule has 0 aliphatic carbocycles. The lowest BCUT2D eigenvalue weighted by Gasteiger charge is -2.38. The zero-order chi connectivity index (χ0) is 25.6. The van der Waals surface area contributed by atoms with E-state index in [4.69, 9.17) is 13.9 Å². The van der Waals surface area contributed by atoms with E-state index in [0.29, 0.717) is 33.7 Å². The number of para-hydroxylation sites is 1. The van der Waals surface area contributed by atoms with Gasteiger partial charge in [-0.2, -0.15) is 0 Å². The minimum atomic E-state index is -2.00. The maximum Gasteiger partial charge on any atom is 0.360 e. The first-order valence-electron chi connectivity index (χ1n) is 12.2. The predicted molar refractivity (Wildman–Crippen MR) is 142 cm³/mol. The summed E-state index contributed by atoms with van der Waals surface area (Å²) in [7, 11) is -2.00. The van der Waals surface area contributed by atoms with E-state index in [1.54, 1.807) is 6.92 Å². The Morgan fingerprint density at radius 3 is 2.23 bits per heavy atom. The molecule has 5 nitrogen and oxygen atoms in total. The van der Waals surface area contributed by atoms with E-state index >= 15 is 0 Å². The zero-order valence-corrected chi connectivity index (χ0v) is 22.7. The smallest absolute Gasteiger partial charge is 0.360 e. The van der Waals surface area contributed by atoms with E-state index in [0.717, 1.165) is 11.3 Å². The van der Waals surface area contributed by atoms with Crippen molar-refractivity contribution >= 4 is 14.0 Å². The van der Waals surface area contributed by atoms with Crippen LogP contribution >= 0.6 is 0 Å². The second kappa shape index (κ2) is 11.4. The summed E-state index contributed by atoms with van der Waals surface area (Å²) < 4.78 is 17.0. The SMILES string of the molecule is CCOC(=O)c1ncoc1-c1ccc(Oc2ccccc2)cc1C#C[Si](C(C)C)(C(C)C)C(C)C. The fourth-order valence-electron chi connectivity index (χ4n) is 4.90. The minimum Gasteiger partial charge on any atom is -0.461 e. The van der Waals surface area contributed by atoms with Crippen LogP contribution in [-0.2, 0) is 4.74 Å². The third-order valence-corrected chi connectivity index (χ3v) is 12.8. The zero-order valence-electron chi connectivity index (χ0n) is 21.7. The van der Waals surface area contributed by atoms with Crippen molar-refractivity contribution in [3.63, 3.8) is 0 Å². The molecular formula is C29H35NO4Si. The van der Waals surface area contributed by atoms with Crippen LogP contribution < -0.4 is 4.74 Å². The molecule has 0 amide bonds. The molecule has 0 aliphatic heterocycles. The van der Waals surface area contributed by atoms with Gasteiger partial charge in [0.1, 0.15) is 19.6 Å². The third kappa shape index (κ3) is 5.68. The highest BCUT2D eigenvalue weighted by Gasteiger charge is 2.41. The second-order valence-electron chi connectivity index (χ2n) is 9.52. The molecule has 1 heterocycles. The van der Waals surface area contributed by atoms with Crippen LogP contribution in [0.5, 0.6) is 11.5 Å². The molecule has 0 N–H and O–H groups in total. The highest BCUT2D eigenvalue weighted by Crippen LogP contribution is 2.41. The van der Waals surface area contributed by atoms with Crippen LogP contribution in [0.2, 0.25) is 16.6 Å². The Labute approximate surface area is 209 Å². The highest BCUT2D eigenvalue weighted by atomic mass is 28.3. The van der Waals surface area contributed by atoms with Gasteiger partial charge in [-0.3, -0.25) is 0 Å². The van der Waals surface area contributed by atoms with Crippen molar-refractivity contribution in [2.24, 2.45) is 0 Å². The normalized spacial score (nSPS) is 11.5. The number of oxazole rings is 1. The number of hydrogen-bond acceptors (Lipinski definition) is 5. The molecule has 0 saturated heterocycles. The molecule has 1 aromatic heterocycles. The maximum atomic E-state index is 12.5. The van der Waals surface area contributed by atoms with Crippen molar-refractivity contribution in [1.29, 1.82) is 0 Å². The first-order chi connectivity index (χ1) is 16.7. The lowest BCUT2D eigenvalue weighted by molar-refractivity contribution is 0.0520. The van der Waals surface area contributed by atoms with Crippen LogP contribution in [-0.4, -0.2) is 25.6 Å². The van der Waals surface area contributed by atoms with Crippen LogP contribution in [0.1, 0.15) is 64.5 Å². The Hall–Kier alpha value is -3.30. The summed E-state index contributed by atoms with van der Waals surface area (Å²) in [6.45, 7) is 15.7. The molecular weight excluding hydrogens is 454 g/mol. The molecule has 0 bridgehead atoms. The molecule has 0 atom stereocenters. The summed E-state index contributed by atoms with van der Waals surface area (Å²) in [6, 6.07) is 15.2. The number of aromatic nitrogens is 1. The molecule has 0 spiro atoms. The van der Waals surface area contributed by atoms with E-state index in [2.05, 4.69) is 58.0 Å². The van der Waals surface area contributed by atoms with Crippen LogP contribution in [0.15, 0.2) is 59.3 Å². The number of benzene rings is 2. The summed E-state index contributed by atoms with van der Waals surface area (Å²) in [5.41, 5.74) is 6.81. The number of carbonyl (C=O) groups is 1. The topological polar surface area (TPSA) is 61.6 Å². The van der Waals surface area contributed by atoms with Gasteiger partial charge in [0.25, 0.3) is 0 Å². The third-order valence-electron chi connectivity index (χ3n) is 6.53. The molecule has 0 aliphatic rings. The molecule has 35 heavy (non-hydrogen) atoms. The van der Waals surface area contributed by atoms with Crippen molar-refractivity contribution in [2.45, 2.75) is 65.1 Å². The quantitative estimate of drug-likeness (QED) is 0.183. The first-order valence-corrected chi connectivity index (χ1v) is 14.4. The monoisotopic (exact) mass is 489 g/mol. The Morgan fingerprint density at radius 2 is 1.63 bits per heavy atom. The number of hydrogen-bond donors (Lipinski definition) is 0. The number of nitrogens with zero attached hydrogens (tertiary/aromatic N) is 1. The van der Waals surface area contributed by atoms with Gasteiger partial charge in [0.15, 0.2) is 17.8 Å². The largest absolute Gasteiger partial charge is 0.461 e. The van der Waals surface area contributed by atoms with E-state index in [1.165, 1.54) is 6.39 Å². The van der Waals surface area contributed by atoms with Gasteiger partial charge in [-0.1, -0.05) is 65.7 Å². The fourth-order valence-corrected chi connectivity index (χ4v) is 10.1. The number of ether oxygens (including phenoxy) is 2. The number of carbonyl (C=O) groups excluding carboxylic acids is 1. The van der Waals surface area contributed by atoms with Crippen LogP contribution in [0.3, 0.4) is 0 Å². The maximum absolute atomic E-state index is 12.5. The summed E-state index contributed by atoms with van der Waals surface area (Å²) in [5.74, 6) is 4.73. The van der Waals surface area contributed by atoms with Gasteiger partial charge >= 0.3 is 5.97 Å². The lowest BCUT2D eigenvalue weighted by atomic mass is 10.0. The highest BCUT2D eigenvalue weighted by molar-refractivity contribution is 6.90. The van der Waals surface area contributed by atoms with Crippen molar-refractivity contribution in [3.05, 3.63) is 66.2 Å². The van der Waals surface area contributed by atoms with Crippen molar-refractivity contribution in [3.8, 4) is 34.3 Å².